The second-order valence-electron chi connectivity index (χ2n) is 6.80. The van der Waals surface area contributed by atoms with Crippen LogP contribution in [0.4, 0.5) is 5.69 Å². The molecule has 4 rings (SSSR count). The number of nitrogens with zero attached hydrogens (tertiary/aromatic N) is 1. The second-order valence-corrected chi connectivity index (χ2v) is 7.24. The van der Waals surface area contributed by atoms with Crippen molar-refractivity contribution in [1.82, 2.24) is 5.43 Å². The fourth-order valence-electron chi connectivity index (χ4n) is 3.15. The Hall–Kier alpha value is -3.77. The maximum atomic E-state index is 12.8. The third kappa shape index (κ3) is 4.54. The van der Waals surface area contributed by atoms with Gasteiger partial charge in [0, 0.05) is 5.02 Å². The van der Waals surface area contributed by atoms with E-state index < -0.39 is 11.8 Å². The van der Waals surface area contributed by atoms with Crippen LogP contribution < -0.4 is 19.9 Å². The second kappa shape index (κ2) is 8.93. The van der Waals surface area contributed by atoms with Gasteiger partial charge in [0.2, 0.25) is 0 Å². The topological polar surface area (TPSA) is 67.9 Å². The number of halogens is 1. The highest BCUT2D eigenvalue weighted by Crippen LogP contribution is 2.31. The number of anilines is 1. The summed E-state index contributed by atoms with van der Waals surface area (Å²) in [5, 5.41) is 1.64. The van der Waals surface area contributed by atoms with Gasteiger partial charge in [0.15, 0.2) is 11.5 Å². The summed E-state index contributed by atoms with van der Waals surface area (Å²) in [6.45, 7) is 0.396. The van der Waals surface area contributed by atoms with E-state index in [1.807, 2.05) is 30.3 Å². The predicted octanol–water partition coefficient (Wildman–Crippen LogP) is 4.39. The van der Waals surface area contributed by atoms with Crippen LogP contribution in [-0.4, -0.2) is 18.9 Å². The minimum absolute atomic E-state index is 0.0139. The van der Waals surface area contributed by atoms with Gasteiger partial charge in [0.05, 0.1) is 12.8 Å². The molecular formula is C24H19ClN2O4. The first-order chi connectivity index (χ1) is 15.0. The Bertz CT molecular complexity index is 1160. The summed E-state index contributed by atoms with van der Waals surface area (Å²) in [6, 6.07) is 21.7. The van der Waals surface area contributed by atoms with Crippen molar-refractivity contribution in [3.63, 3.8) is 0 Å². The first-order valence-corrected chi connectivity index (χ1v) is 9.90. The van der Waals surface area contributed by atoms with Gasteiger partial charge >= 0.3 is 0 Å². The Labute approximate surface area is 184 Å². The average Bonchev–Trinajstić information content (AvgIpc) is 3.07. The summed E-state index contributed by atoms with van der Waals surface area (Å²) in [4.78, 5) is 25.2. The molecule has 0 atom stereocenters. The highest BCUT2D eigenvalue weighted by Gasteiger charge is 2.34. The van der Waals surface area contributed by atoms with Crippen molar-refractivity contribution in [2.45, 2.75) is 6.61 Å². The van der Waals surface area contributed by atoms with Gasteiger partial charge in [0.25, 0.3) is 11.8 Å². The molecule has 1 N–H and O–H groups in total. The molecule has 6 nitrogen and oxygen atoms in total. The molecular weight excluding hydrogens is 416 g/mol. The van der Waals surface area contributed by atoms with Gasteiger partial charge in [-0.25, -0.2) is 5.01 Å². The molecule has 7 heteroatoms. The van der Waals surface area contributed by atoms with E-state index in [0.29, 0.717) is 34.4 Å². The van der Waals surface area contributed by atoms with Crippen LogP contribution in [0.3, 0.4) is 0 Å². The monoisotopic (exact) mass is 434 g/mol. The number of nitrogens with one attached hydrogen (secondary N) is 1. The first kappa shape index (κ1) is 20.5. The lowest BCUT2D eigenvalue weighted by Crippen LogP contribution is -2.35. The van der Waals surface area contributed by atoms with E-state index in [0.717, 1.165) is 5.56 Å². The van der Waals surface area contributed by atoms with Crippen LogP contribution in [0.5, 0.6) is 11.5 Å². The van der Waals surface area contributed by atoms with Gasteiger partial charge in [-0.05, 0) is 47.5 Å². The van der Waals surface area contributed by atoms with Gasteiger partial charge < -0.3 is 9.47 Å². The molecule has 1 heterocycles. The Balaban J connectivity index is 1.55. The van der Waals surface area contributed by atoms with Crippen molar-refractivity contribution < 1.29 is 19.1 Å². The van der Waals surface area contributed by atoms with Crippen LogP contribution in [0.15, 0.2) is 78.4 Å². The largest absolute Gasteiger partial charge is 0.493 e. The van der Waals surface area contributed by atoms with E-state index in [2.05, 4.69) is 5.43 Å². The summed E-state index contributed by atoms with van der Waals surface area (Å²) in [6.07, 6.45) is 1.52. The van der Waals surface area contributed by atoms with Gasteiger partial charge in [-0.15, -0.1) is 0 Å². The van der Waals surface area contributed by atoms with Crippen molar-refractivity contribution in [2.24, 2.45) is 0 Å². The normalized spacial score (nSPS) is 14.6. The Morgan fingerprint density at radius 1 is 0.968 bits per heavy atom. The number of carbonyl (C=O) groups is 2. The molecule has 1 saturated heterocycles. The quantitative estimate of drug-likeness (QED) is 0.461. The predicted molar refractivity (Wildman–Crippen MR) is 119 cm³/mol. The minimum atomic E-state index is -0.492. The van der Waals surface area contributed by atoms with E-state index >= 15 is 0 Å². The van der Waals surface area contributed by atoms with E-state index in [-0.39, 0.29) is 5.57 Å². The molecule has 0 saturated carbocycles. The highest BCUT2D eigenvalue weighted by atomic mass is 35.5. The molecule has 2 amide bonds. The lowest BCUT2D eigenvalue weighted by Gasteiger charge is -2.14. The lowest BCUT2D eigenvalue weighted by molar-refractivity contribution is -0.117. The van der Waals surface area contributed by atoms with E-state index in [1.165, 1.54) is 18.2 Å². The molecule has 0 bridgehead atoms. The molecule has 1 aliphatic heterocycles. The molecule has 0 spiro atoms. The molecule has 3 aromatic carbocycles. The van der Waals surface area contributed by atoms with Crippen LogP contribution in [0.25, 0.3) is 6.08 Å². The fraction of sp³-hybridized carbons (Fsp3) is 0.0833. The molecule has 0 aliphatic carbocycles. The van der Waals surface area contributed by atoms with Crippen molar-refractivity contribution in [3.05, 3.63) is 94.5 Å². The minimum Gasteiger partial charge on any atom is -0.493 e. The molecule has 1 fully saturated rings. The molecule has 3 aromatic rings. The van der Waals surface area contributed by atoms with Crippen molar-refractivity contribution in [1.29, 1.82) is 0 Å². The van der Waals surface area contributed by atoms with Crippen LogP contribution in [0.1, 0.15) is 11.1 Å². The standard InChI is InChI=1S/C24H19ClN2O4/c1-30-22-13-17(10-11-21(22)31-15-16-6-3-2-4-7-16)12-20-23(28)26-27(24(20)29)19-9-5-8-18(25)14-19/h2-14H,15H2,1H3,(H,26,28). The van der Waals surface area contributed by atoms with E-state index in [4.69, 9.17) is 21.1 Å². The van der Waals surface area contributed by atoms with Crippen LogP contribution >= 0.6 is 11.6 Å². The van der Waals surface area contributed by atoms with Gasteiger partial charge in [-0.1, -0.05) is 54.1 Å². The zero-order valence-electron chi connectivity index (χ0n) is 16.7. The zero-order valence-corrected chi connectivity index (χ0v) is 17.4. The number of rotatable bonds is 6. The van der Waals surface area contributed by atoms with E-state index in [1.54, 1.807) is 42.5 Å². The van der Waals surface area contributed by atoms with Gasteiger partial charge in [0.1, 0.15) is 12.2 Å². The summed E-state index contributed by atoms with van der Waals surface area (Å²) in [5.41, 5.74) is 4.72. The average molecular weight is 435 g/mol. The Morgan fingerprint density at radius 3 is 2.52 bits per heavy atom. The van der Waals surface area contributed by atoms with Crippen molar-refractivity contribution in [3.8, 4) is 11.5 Å². The van der Waals surface area contributed by atoms with Crippen molar-refractivity contribution >= 4 is 35.2 Å². The van der Waals surface area contributed by atoms with Gasteiger partial charge in [-0.3, -0.25) is 15.0 Å². The number of hydrogen-bond donors (Lipinski definition) is 1. The summed E-state index contributed by atoms with van der Waals surface area (Å²) < 4.78 is 11.3. The van der Waals surface area contributed by atoms with Crippen LogP contribution in [0, 0.1) is 0 Å². The third-order valence-corrected chi connectivity index (χ3v) is 4.93. The van der Waals surface area contributed by atoms with Crippen LogP contribution in [-0.2, 0) is 16.2 Å². The molecule has 0 aromatic heterocycles. The number of hydrogen-bond acceptors (Lipinski definition) is 4. The molecule has 156 valence electrons. The smallest absolute Gasteiger partial charge is 0.282 e. The molecule has 1 aliphatic rings. The maximum Gasteiger partial charge on any atom is 0.282 e. The summed E-state index contributed by atoms with van der Waals surface area (Å²) >= 11 is 6.00. The number of amides is 2. The molecule has 0 unspecified atom stereocenters. The number of hydrazine groups is 1. The fourth-order valence-corrected chi connectivity index (χ4v) is 3.33. The lowest BCUT2D eigenvalue weighted by atomic mass is 10.1. The highest BCUT2D eigenvalue weighted by molar-refractivity contribution is 6.33. The number of benzene rings is 3. The summed E-state index contributed by atoms with van der Waals surface area (Å²) in [5.74, 6) is 0.114. The number of carbonyl (C=O) groups excluding carboxylic acids is 2. The van der Waals surface area contributed by atoms with Gasteiger partial charge in [-0.2, -0.15) is 0 Å². The number of methoxy groups -OCH3 is 1. The Kier molecular flexibility index (Phi) is 5.91. The SMILES string of the molecule is COc1cc(C=C2C(=O)NN(c3cccc(Cl)c3)C2=O)ccc1OCc1ccccc1. The third-order valence-electron chi connectivity index (χ3n) is 4.69. The maximum absolute atomic E-state index is 12.8. The van der Waals surface area contributed by atoms with Crippen LogP contribution in [0.2, 0.25) is 5.02 Å². The summed E-state index contributed by atoms with van der Waals surface area (Å²) in [7, 11) is 1.54. The first-order valence-electron chi connectivity index (χ1n) is 9.52. The van der Waals surface area contributed by atoms with Crippen molar-refractivity contribution in [2.75, 3.05) is 12.1 Å². The zero-order chi connectivity index (χ0) is 21.8. The molecule has 0 radical (unpaired) electrons. The van der Waals surface area contributed by atoms with E-state index in [9.17, 15) is 9.59 Å². The Morgan fingerprint density at radius 2 is 1.77 bits per heavy atom. The molecule has 31 heavy (non-hydrogen) atoms. The number of ether oxygens (including phenoxy) is 2.